The van der Waals surface area contributed by atoms with Crippen molar-refractivity contribution in [2.24, 2.45) is 17.8 Å². The van der Waals surface area contributed by atoms with E-state index in [1.54, 1.807) is 4.90 Å². The number of alkyl halides is 3. The number of carbonyl (C=O) groups excluding carboxylic acids is 2. The maximum absolute atomic E-state index is 13.9. The number of carbonyl (C=O) groups is 2. The molecule has 1 aliphatic carbocycles. The van der Waals surface area contributed by atoms with Gasteiger partial charge in [0.15, 0.2) is 0 Å². The molecule has 3 heterocycles. The van der Waals surface area contributed by atoms with Gasteiger partial charge in [0, 0.05) is 68.5 Å². The number of halogens is 3. The molecule has 1 saturated carbocycles. The summed E-state index contributed by atoms with van der Waals surface area (Å²) >= 11 is 0. The summed E-state index contributed by atoms with van der Waals surface area (Å²) in [5.74, 6) is 0.324. The molecule has 2 aromatic rings. The second-order valence-electron chi connectivity index (χ2n) is 12.6. The average molecular weight is 587 g/mol. The second-order valence-corrected chi connectivity index (χ2v) is 12.6. The molecular formula is C32H41F3N4O3. The summed E-state index contributed by atoms with van der Waals surface area (Å²) in [7, 11) is 0. The first-order valence-electron chi connectivity index (χ1n) is 15.0. The van der Waals surface area contributed by atoms with Crippen LogP contribution in [-0.4, -0.2) is 69.4 Å². The number of piperazine rings is 1. The van der Waals surface area contributed by atoms with Crippen LogP contribution in [0.25, 0.3) is 0 Å². The molecule has 3 aliphatic rings. The Balaban J connectivity index is 1.23. The fraction of sp³-hybridized carbons (Fsp3) is 0.594. The smallest absolute Gasteiger partial charge is 0.417 e. The summed E-state index contributed by atoms with van der Waals surface area (Å²) in [6, 6.07) is 10.9. The van der Waals surface area contributed by atoms with Crippen LogP contribution in [0.4, 0.5) is 18.0 Å². The highest BCUT2D eigenvalue weighted by atomic mass is 19.4. The average Bonchev–Trinajstić information content (AvgIpc) is 3.41. The van der Waals surface area contributed by atoms with E-state index in [0.29, 0.717) is 49.7 Å². The summed E-state index contributed by atoms with van der Waals surface area (Å²) in [4.78, 5) is 36.9. The quantitative estimate of drug-likeness (QED) is 0.445. The molecular weight excluding hydrogens is 545 g/mol. The van der Waals surface area contributed by atoms with E-state index in [-0.39, 0.29) is 55.1 Å². The van der Waals surface area contributed by atoms with Crippen LogP contribution < -0.4 is 0 Å². The van der Waals surface area contributed by atoms with E-state index in [9.17, 15) is 22.8 Å². The van der Waals surface area contributed by atoms with Gasteiger partial charge in [0.2, 0.25) is 5.91 Å². The van der Waals surface area contributed by atoms with Crippen molar-refractivity contribution in [3.05, 3.63) is 65.0 Å². The number of pyridine rings is 1. The third-order valence-electron chi connectivity index (χ3n) is 9.32. The number of hydrogen-bond donors (Lipinski definition) is 0. The first kappa shape index (κ1) is 30.3. The third-order valence-corrected chi connectivity index (χ3v) is 9.32. The summed E-state index contributed by atoms with van der Waals surface area (Å²) in [6.45, 7) is 10.6. The predicted molar refractivity (Wildman–Crippen MR) is 152 cm³/mol. The van der Waals surface area contributed by atoms with Gasteiger partial charge < -0.3 is 14.5 Å². The van der Waals surface area contributed by atoms with Gasteiger partial charge in [0.1, 0.15) is 6.61 Å². The second kappa shape index (κ2) is 12.2. The zero-order chi connectivity index (χ0) is 30.2. The number of nitrogens with zero attached hydrogens (tertiary/aromatic N) is 4. The SMILES string of the molecule is CC(C)C1C[C@@H](N2CC(C)N(C(=O)OCc3ccccc3)C(C)C2)C[C@H]1C(=O)N1CCc2ncc(C(F)(F)F)cc2C1. The summed E-state index contributed by atoms with van der Waals surface area (Å²) in [5.41, 5.74) is 1.29. The lowest BCUT2D eigenvalue weighted by Gasteiger charge is -2.46. The van der Waals surface area contributed by atoms with Crippen molar-refractivity contribution in [1.29, 1.82) is 0 Å². The van der Waals surface area contributed by atoms with Crippen LogP contribution in [0.2, 0.25) is 0 Å². The molecule has 3 unspecified atom stereocenters. The highest BCUT2D eigenvalue weighted by molar-refractivity contribution is 5.80. The minimum atomic E-state index is -4.47. The largest absolute Gasteiger partial charge is 0.445 e. The Morgan fingerprint density at radius 1 is 1.07 bits per heavy atom. The van der Waals surface area contributed by atoms with E-state index >= 15 is 0 Å². The third kappa shape index (κ3) is 6.43. The van der Waals surface area contributed by atoms with E-state index < -0.39 is 11.7 Å². The first-order chi connectivity index (χ1) is 19.9. The van der Waals surface area contributed by atoms with Gasteiger partial charge in [-0.25, -0.2) is 4.79 Å². The molecule has 2 aliphatic heterocycles. The topological polar surface area (TPSA) is 66.0 Å². The number of fused-ring (bicyclic) bond motifs is 1. The lowest BCUT2D eigenvalue weighted by molar-refractivity contribution is -0.138. The number of amides is 2. The van der Waals surface area contributed by atoms with E-state index in [1.807, 2.05) is 49.1 Å². The molecule has 0 radical (unpaired) electrons. The molecule has 2 fully saturated rings. The van der Waals surface area contributed by atoms with E-state index in [2.05, 4.69) is 23.7 Å². The van der Waals surface area contributed by atoms with Crippen LogP contribution in [-0.2, 0) is 35.3 Å². The normalized spacial score (nSPS) is 26.8. The van der Waals surface area contributed by atoms with Gasteiger partial charge in [-0.2, -0.15) is 13.2 Å². The van der Waals surface area contributed by atoms with Crippen molar-refractivity contribution in [2.75, 3.05) is 19.6 Å². The van der Waals surface area contributed by atoms with E-state index in [4.69, 9.17) is 4.74 Å². The molecule has 0 spiro atoms. The summed E-state index contributed by atoms with van der Waals surface area (Å²) in [5, 5.41) is 0. The number of aromatic nitrogens is 1. The molecule has 0 N–H and O–H groups in total. The Kier molecular flexibility index (Phi) is 8.83. The Bertz CT molecular complexity index is 1260. The summed E-state index contributed by atoms with van der Waals surface area (Å²) < 4.78 is 45.5. The van der Waals surface area contributed by atoms with Crippen molar-refractivity contribution < 1.29 is 27.5 Å². The minimum Gasteiger partial charge on any atom is -0.445 e. The lowest BCUT2D eigenvalue weighted by atomic mass is 9.85. The van der Waals surface area contributed by atoms with Crippen molar-refractivity contribution in [2.45, 2.75) is 84.4 Å². The van der Waals surface area contributed by atoms with Crippen molar-refractivity contribution in [1.82, 2.24) is 19.7 Å². The standard InChI is InChI=1S/C32H41F3N4O3/c1-20(2)27-13-26(38-16-21(3)39(22(4)17-38)31(41)42-19-23-8-6-5-7-9-23)14-28(27)30(40)37-11-10-29-24(18-37)12-25(15-36-29)32(33,34)35/h5-9,12,15,20-22,26-28H,10-11,13-14,16-19H2,1-4H3/t21?,22?,26-,27?,28-/m1/s1. The first-order valence-corrected chi connectivity index (χ1v) is 15.0. The molecule has 5 rings (SSSR count). The fourth-order valence-corrected chi connectivity index (χ4v) is 7.18. The van der Waals surface area contributed by atoms with Crippen LogP contribution in [0, 0.1) is 17.8 Å². The monoisotopic (exact) mass is 586 g/mol. The number of ether oxygens (including phenoxy) is 1. The molecule has 2 amide bonds. The Morgan fingerprint density at radius 3 is 2.40 bits per heavy atom. The molecule has 5 atom stereocenters. The van der Waals surface area contributed by atoms with Crippen LogP contribution in [0.5, 0.6) is 0 Å². The Hall–Kier alpha value is -3.14. The lowest BCUT2D eigenvalue weighted by Crippen LogP contribution is -2.60. The van der Waals surface area contributed by atoms with E-state index in [0.717, 1.165) is 24.2 Å². The van der Waals surface area contributed by atoms with Gasteiger partial charge in [-0.15, -0.1) is 0 Å². The Morgan fingerprint density at radius 2 is 1.76 bits per heavy atom. The highest BCUT2D eigenvalue weighted by Crippen LogP contribution is 2.42. The summed E-state index contributed by atoms with van der Waals surface area (Å²) in [6.07, 6.45) is -1.84. The maximum Gasteiger partial charge on any atom is 0.417 e. The van der Waals surface area contributed by atoms with Crippen molar-refractivity contribution >= 4 is 12.0 Å². The molecule has 228 valence electrons. The molecule has 1 aromatic heterocycles. The van der Waals surface area contributed by atoms with Gasteiger partial charge in [-0.05, 0) is 55.7 Å². The minimum absolute atomic E-state index is 0.0310. The number of benzene rings is 1. The van der Waals surface area contributed by atoms with Gasteiger partial charge in [0.25, 0.3) is 0 Å². The maximum atomic E-state index is 13.9. The zero-order valence-electron chi connectivity index (χ0n) is 24.8. The Labute approximate surface area is 246 Å². The predicted octanol–water partition coefficient (Wildman–Crippen LogP) is 5.77. The molecule has 1 aromatic carbocycles. The van der Waals surface area contributed by atoms with Gasteiger partial charge in [-0.1, -0.05) is 44.2 Å². The molecule has 42 heavy (non-hydrogen) atoms. The highest BCUT2D eigenvalue weighted by Gasteiger charge is 2.46. The van der Waals surface area contributed by atoms with Gasteiger partial charge in [0.05, 0.1) is 5.56 Å². The van der Waals surface area contributed by atoms with Crippen LogP contribution in [0.3, 0.4) is 0 Å². The van der Waals surface area contributed by atoms with E-state index in [1.165, 1.54) is 0 Å². The molecule has 1 saturated heterocycles. The molecule has 10 heteroatoms. The van der Waals surface area contributed by atoms with Crippen molar-refractivity contribution in [3.8, 4) is 0 Å². The van der Waals surface area contributed by atoms with Crippen LogP contribution >= 0.6 is 0 Å². The number of hydrogen-bond acceptors (Lipinski definition) is 5. The fourth-order valence-electron chi connectivity index (χ4n) is 7.18. The zero-order valence-corrected chi connectivity index (χ0v) is 24.8. The van der Waals surface area contributed by atoms with Crippen LogP contribution in [0.15, 0.2) is 42.6 Å². The molecule has 0 bridgehead atoms. The van der Waals surface area contributed by atoms with Crippen LogP contribution in [0.1, 0.15) is 62.9 Å². The number of rotatable bonds is 5. The molecule has 7 nitrogen and oxygen atoms in total. The van der Waals surface area contributed by atoms with Gasteiger partial charge >= 0.3 is 12.3 Å². The van der Waals surface area contributed by atoms with Crippen molar-refractivity contribution in [3.63, 3.8) is 0 Å². The van der Waals surface area contributed by atoms with Gasteiger partial charge in [-0.3, -0.25) is 14.7 Å².